The molecule has 0 spiro atoms. The van der Waals surface area contributed by atoms with Crippen molar-refractivity contribution >= 4 is 11.6 Å². The minimum Gasteiger partial charge on any atom is -0.397 e. The molecule has 18 heavy (non-hydrogen) atoms. The molecule has 2 heterocycles. The number of hydrogen-bond acceptors (Lipinski definition) is 4. The van der Waals surface area contributed by atoms with Crippen LogP contribution in [0.1, 0.15) is 16.1 Å². The van der Waals surface area contributed by atoms with E-state index in [1.807, 2.05) is 12.1 Å². The summed E-state index contributed by atoms with van der Waals surface area (Å²) in [6.45, 7) is 0.552. The highest BCUT2D eigenvalue weighted by atomic mass is 16.1. The molecule has 0 aliphatic heterocycles. The van der Waals surface area contributed by atoms with Gasteiger partial charge in [-0.3, -0.25) is 9.78 Å². The molecule has 0 aromatic carbocycles. The summed E-state index contributed by atoms with van der Waals surface area (Å²) < 4.78 is 0. The summed E-state index contributed by atoms with van der Waals surface area (Å²) in [4.78, 5) is 19.7. The van der Waals surface area contributed by atoms with E-state index in [4.69, 9.17) is 5.73 Å². The van der Waals surface area contributed by atoms with E-state index >= 15 is 0 Å². The number of carbonyl (C=O) groups is 1. The lowest BCUT2D eigenvalue weighted by atomic mass is 10.2. The maximum absolute atomic E-state index is 11.7. The monoisotopic (exact) mass is 242 g/mol. The smallest absolute Gasteiger partial charge is 0.269 e. The molecule has 2 rings (SSSR count). The molecule has 92 valence electrons. The molecule has 0 saturated carbocycles. The van der Waals surface area contributed by atoms with Crippen molar-refractivity contribution in [2.45, 2.75) is 6.42 Å². The second kappa shape index (κ2) is 5.77. The molecule has 0 radical (unpaired) electrons. The quantitative estimate of drug-likeness (QED) is 0.839. The SMILES string of the molecule is Nc1ccc(C(=O)NCCc2cccnc2)nc1. The fraction of sp³-hybridized carbons (Fsp3) is 0.154. The summed E-state index contributed by atoms with van der Waals surface area (Å²) in [7, 11) is 0. The zero-order valence-corrected chi connectivity index (χ0v) is 9.84. The first-order chi connectivity index (χ1) is 8.75. The summed E-state index contributed by atoms with van der Waals surface area (Å²) in [5.74, 6) is -0.195. The molecule has 2 aromatic heterocycles. The topological polar surface area (TPSA) is 80.9 Å². The van der Waals surface area contributed by atoms with Crippen LogP contribution in [0, 0.1) is 0 Å². The Hall–Kier alpha value is -2.43. The third-order valence-electron chi connectivity index (χ3n) is 2.44. The highest BCUT2D eigenvalue weighted by Crippen LogP contribution is 2.01. The van der Waals surface area contributed by atoms with Gasteiger partial charge in [-0.15, -0.1) is 0 Å². The van der Waals surface area contributed by atoms with Crippen molar-refractivity contribution in [2.75, 3.05) is 12.3 Å². The first kappa shape index (κ1) is 12.0. The van der Waals surface area contributed by atoms with Crippen LogP contribution in [0.25, 0.3) is 0 Å². The minimum atomic E-state index is -0.195. The molecule has 0 aliphatic rings. The van der Waals surface area contributed by atoms with Gasteiger partial charge < -0.3 is 11.1 Å². The molecule has 5 nitrogen and oxygen atoms in total. The van der Waals surface area contributed by atoms with Gasteiger partial charge >= 0.3 is 0 Å². The molecule has 3 N–H and O–H groups in total. The van der Waals surface area contributed by atoms with Crippen LogP contribution in [0.4, 0.5) is 5.69 Å². The summed E-state index contributed by atoms with van der Waals surface area (Å²) >= 11 is 0. The average Bonchev–Trinajstić information content (AvgIpc) is 2.40. The van der Waals surface area contributed by atoms with Gasteiger partial charge in [-0.25, -0.2) is 4.98 Å². The Morgan fingerprint density at radius 3 is 2.83 bits per heavy atom. The largest absolute Gasteiger partial charge is 0.397 e. The molecule has 2 aromatic rings. The molecule has 1 amide bonds. The Kier molecular flexibility index (Phi) is 3.86. The fourth-order valence-corrected chi connectivity index (χ4v) is 1.50. The van der Waals surface area contributed by atoms with Crippen LogP contribution in [-0.2, 0) is 6.42 Å². The maximum atomic E-state index is 11.7. The van der Waals surface area contributed by atoms with Crippen molar-refractivity contribution in [1.29, 1.82) is 0 Å². The Bertz CT molecular complexity index is 510. The fourth-order valence-electron chi connectivity index (χ4n) is 1.50. The number of anilines is 1. The molecule has 0 atom stereocenters. The van der Waals surface area contributed by atoms with Gasteiger partial charge in [-0.2, -0.15) is 0 Å². The van der Waals surface area contributed by atoms with Crippen molar-refractivity contribution in [3.63, 3.8) is 0 Å². The summed E-state index contributed by atoms with van der Waals surface area (Å²) in [6, 6.07) is 7.11. The van der Waals surface area contributed by atoms with Crippen LogP contribution in [0.2, 0.25) is 0 Å². The van der Waals surface area contributed by atoms with Gasteiger partial charge in [0.2, 0.25) is 0 Å². The van der Waals surface area contributed by atoms with E-state index in [0.717, 1.165) is 12.0 Å². The number of rotatable bonds is 4. The summed E-state index contributed by atoms with van der Waals surface area (Å²) in [5, 5.41) is 2.80. The van der Waals surface area contributed by atoms with Crippen LogP contribution in [0.3, 0.4) is 0 Å². The van der Waals surface area contributed by atoms with Gasteiger partial charge in [0.15, 0.2) is 0 Å². The maximum Gasteiger partial charge on any atom is 0.269 e. The highest BCUT2D eigenvalue weighted by Gasteiger charge is 2.05. The first-order valence-corrected chi connectivity index (χ1v) is 5.64. The van der Waals surface area contributed by atoms with Crippen LogP contribution < -0.4 is 11.1 Å². The number of aromatic nitrogens is 2. The number of nitrogen functional groups attached to an aromatic ring is 1. The summed E-state index contributed by atoms with van der Waals surface area (Å²) in [6.07, 6.45) is 5.72. The normalized spacial score (nSPS) is 10.0. The van der Waals surface area contributed by atoms with Crippen LogP contribution in [0.5, 0.6) is 0 Å². The van der Waals surface area contributed by atoms with Crippen LogP contribution in [0.15, 0.2) is 42.9 Å². The number of nitrogens with two attached hydrogens (primary N) is 1. The predicted molar refractivity (Wildman–Crippen MR) is 68.9 cm³/mol. The van der Waals surface area contributed by atoms with Crippen molar-refractivity contribution in [3.8, 4) is 0 Å². The number of pyridine rings is 2. The van der Waals surface area contributed by atoms with E-state index in [9.17, 15) is 4.79 Å². The van der Waals surface area contributed by atoms with E-state index in [1.54, 1.807) is 24.5 Å². The van der Waals surface area contributed by atoms with E-state index < -0.39 is 0 Å². The number of nitrogens with zero attached hydrogens (tertiary/aromatic N) is 2. The van der Waals surface area contributed by atoms with Crippen LogP contribution in [-0.4, -0.2) is 22.4 Å². The lowest BCUT2D eigenvalue weighted by Gasteiger charge is -2.04. The lowest BCUT2D eigenvalue weighted by Crippen LogP contribution is -2.26. The van der Waals surface area contributed by atoms with Gasteiger partial charge in [0, 0.05) is 18.9 Å². The van der Waals surface area contributed by atoms with Gasteiger partial charge in [0.25, 0.3) is 5.91 Å². The third kappa shape index (κ3) is 3.28. The lowest BCUT2D eigenvalue weighted by molar-refractivity contribution is 0.0949. The van der Waals surface area contributed by atoms with Gasteiger partial charge in [0.1, 0.15) is 5.69 Å². The molecule has 0 fully saturated rings. The number of hydrogen-bond donors (Lipinski definition) is 2. The Morgan fingerprint density at radius 1 is 1.28 bits per heavy atom. The summed E-state index contributed by atoms with van der Waals surface area (Å²) in [5.41, 5.74) is 7.50. The van der Waals surface area contributed by atoms with Crippen molar-refractivity contribution < 1.29 is 4.79 Å². The first-order valence-electron chi connectivity index (χ1n) is 5.64. The van der Waals surface area contributed by atoms with Gasteiger partial charge in [-0.05, 0) is 30.2 Å². The zero-order valence-electron chi connectivity index (χ0n) is 9.84. The van der Waals surface area contributed by atoms with E-state index in [1.165, 1.54) is 6.20 Å². The predicted octanol–water partition coefficient (Wildman–Crippen LogP) is 1.03. The third-order valence-corrected chi connectivity index (χ3v) is 2.44. The Balaban J connectivity index is 1.84. The average molecular weight is 242 g/mol. The van der Waals surface area contributed by atoms with E-state index in [-0.39, 0.29) is 5.91 Å². The highest BCUT2D eigenvalue weighted by molar-refractivity contribution is 5.92. The van der Waals surface area contributed by atoms with Crippen LogP contribution >= 0.6 is 0 Å². The zero-order chi connectivity index (χ0) is 12.8. The Labute approximate surface area is 105 Å². The van der Waals surface area contributed by atoms with E-state index in [0.29, 0.717) is 17.9 Å². The molecular formula is C13H14N4O. The molecular weight excluding hydrogens is 228 g/mol. The second-order valence-electron chi connectivity index (χ2n) is 3.84. The molecule has 5 heteroatoms. The minimum absolute atomic E-state index is 0.195. The molecule has 0 aliphatic carbocycles. The van der Waals surface area contributed by atoms with Crippen molar-refractivity contribution in [1.82, 2.24) is 15.3 Å². The number of carbonyl (C=O) groups excluding carboxylic acids is 1. The standard InChI is InChI=1S/C13H14N4O/c14-11-3-4-12(17-9-11)13(18)16-7-5-10-2-1-6-15-8-10/h1-4,6,8-9H,5,7,14H2,(H,16,18). The van der Waals surface area contributed by atoms with Crippen molar-refractivity contribution in [2.24, 2.45) is 0 Å². The number of nitrogens with one attached hydrogen (secondary N) is 1. The van der Waals surface area contributed by atoms with Gasteiger partial charge in [0.05, 0.1) is 11.9 Å². The molecule has 0 saturated heterocycles. The Morgan fingerprint density at radius 2 is 2.17 bits per heavy atom. The number of amides is 1. The second-order valence-corrected chi connectivity index (χ2v) is 3.84. The molecule has 0 bridgehead atoms. The van der Waals surface area contributed by atoms with Gasteiger partial charge in [-0.1, -0.05) is 6.07 Å². The van der Waals surface area contributed by atoms with Crippen molar-refractivity contribution in [3.05, 3.63) is 54.1 Å². The molecule has 0 unspecified atom stereocenters. The van der Waals surface area contributed by atoms with E-state index in [2.05, 4.69) is 15.3 Å².